The molecule has 20 heavy (non-hydrogen) atoms. The van der Waals surface area contributed by atoms with Crippen molar-refractivity contribution in [2.75, 3.05) is 38.2 Å². The first-order valence-corrected chi connectivity index (χ1v) is 6.88. The number of hydrogen-bond donors (Lipinski definition) is 3. The lowest BCUT2D eigenvalue weighted by Crippen LogP contribution is -2.36. The molecule has 0 aliphatic heterocycles. The summed E-state index contributed by atoms with van der Waals surface area (Å²) in [5.41, 5.74) is 2.94. The molecule has 0 saturated carbocycles. The number of amides is 1. The lowest BCUT2D eigenvalue weighted by molar-refractivity contribution is -0.117. The van der Waals surface area contributed by atoms with Crippen LogP contribution in [0, 0.1) is 13.8 Å². The summed E-state index contributed by atoms with van der Waals surface area (Å²) in [6, 6.07) is 5.92. The topological polar surface area (TPSA) is 72.8 Å². The van der Waals surface area contributed by atoms with Crippen molar-refractivity contribution in [2.45, 2.75) is 20.3 Å². The summed E-state index contributed by atoms with van der Waals surface area (Å²) < 4.78 is 0. The number of nitrogens with zero attached hydrogens (tertiary/aromatic N) is 1. The molecule has 1 aromatic rings. The second-order valence-electron chi connectivity index (χ2n) is 4.94. The molecule has 0 bridgehead atoms. The summed E-state index contributed by atoms with van der Waals surface area (Å²) in [5, 5.41) is 20.7. The molecule has 0 heterocycles. The minimum Gasteiger partial charge on any atom is -0.396 e. The Morgan fingerprint density at radius 1 is 1.20 bits per heavy atom. The third kappa shape index (κ3) is 5.69. The second-order valence-corrected chi connectivity index (χ2v) is 4.94. The maximum absolute atomic E-state index is 12.0. The van der Waals surface area contributed by atoms with E-state index in [2.05, 4.69) is 5.32 Å². The number of benzene rings is 1. The number of nitrogens with one attached hydrogen (secondary N) is 1. The Balaban J connectivity index is 2.58. The van der Waals surface area contributed by atoms with Crippen molar-refractivity contribution in [3.05, 3.63) is 29.3 Å². The number of aliphatic hydroxyl groups excluding tert-OH is 2. The maximum atomic E-state index is 12.0. The predicted molar refractivity (Wildman–Crippen MR) is 79.8 cm³/mol. The van der Waals surface area contributed by atoms with Crippen LogP contribution in [0.2, 0.25) is 0 Å². The van der Waals surface area contributed by atoms with Gasteiger partial charge in [0, 0.05) is 25.4 Å². The lowest BCUT2D eigenvalue weighted by Gasteiger charge is -2.20. The van der Waals surface area contributed by atoms with Gasteiger partial charge in [0.05, 0.1) is 13.2 Å². The molecule has 0 unspecified atom stereocenters. The first-order chi connectivity index (χ1) is 9.56. The van der Waals surface area contributed by atoms with E-state index >= 15 is 0 Å². The van der Waals surface area contributed by atoms with Gasteiger partial charge in [0.1, 0.15) is 0 Å². The predicted octanol–water partition coefficient (Wildman–Crippen LogP) is 0.919. The van der Waals surface area contributed by atoms with Gasteiger partial charge in [-0.3, -0.25) is 9.69 Å². The molecule has 1 aromatic carbocycles. The average molecular weight is 280 g/mol. The molecule has 3 N–H and O–H groups in total. The molecule has 0 saturated heterocycles. The van der Waals surface area contributed by atoms with Crippen molar-refractivity contribution in [1.29, 1.82) is 0 Å². The van der Waals surface area contributed by atoms with Crippen LogP contribution in [0.1, 0.15) is 17.5 Å². The summed E-state index contributed by atoms with van der Waals surface area (Å²) in [5.74, 6) is -0.106. The van der Waals surface area contributed by atoms with Crippen LogP contribution in [0.25, 0.3) is 0 Å². The molecule has 1 amide bonds. The summed E-state index contributed by atoms with van der Waals surface area (Å²) in [7, 11) is 0. The van der Waals surface area contributed by atoms with Gasteiger partial charge in [-0.1, -0.05) is 12.1 Å². The highest BCUT2D eigenvalue weighted by Gasteiger charge is 2.11. The standard InChI is InChI=1S/C15H24N2O3/c1-12-4-5-13(2)14(10-12)16-15(20)11-17(7-9-19)6-3-8-18/h4-5,10,18-19H,3,6-9,11H2,1-2H3,(H,16,20). The minimum absolute atomic E-state index is 0.00216. The fourth-order valence-electron chi connectivity index (χ4n) is 1.97. The number of rotatable bonds is 8. The first kappa shape index (κ1) is 16.6. The molecule has 112 valence electrons. The Kier molecular flexibility index (Phi) is 7.22. The Hall–Kier alpha value is -1.43. The van der Waals surface area contributed by atoms with E-state index in [1.807, 2.05) is 36.9 Å². The molecule has 0 aromatic heterocycles. The van der Waals surface area contributed by atoms with E-state index < -0.39 is 0 Å². The van der Waals surface area contributed by atoms with Gasteiger partial charge < -0.3 is 15.5 Å². The van der Waals surface area contributed by atoms with Gasteiger partial charge in [0.2, 0.25) is 5.91 Å². The van der Waals surface area contributed by atoms with Crippen molar-refractivity contribution < 1.29 is 15.0 Å². The van der Waals surface area contributed by atoms with Gasteiger partial charge >= 0.3 is 0 Å². The number of carbonyl (C=O) groups excluding carboxylic acids is 1. The number of hydrogen-bond acceptors (Lipinski definition) is 4. The van der Waals surface area contributed by atoms with Crippen LogP contribution in [0.5, 0.6) is 0 Å². The van der Waals surface area contributed by atoms with Gasteiger partial charge in [-0.05, 0) is 37.5 Å². The van der Waals surface area contributed by atoms with Crippen molar-refractivity contribution in [3.63, 3.8) is 0 Å². The first-order valence-electron chi connectivity index (χ1n) is 6.88. The van der Waals surface area contributed by atoms with E-state index in [0.717, 1.165) is 16.8 Å². The Morgan fingerprint density at radius 2 is 1.95 bits per heavy atom. The van der Waals surface area contributed by atoms with Crippen LogP contribution in [0.15, 0.2) is 18.2 Å². The smallest absolute Gasteiger partial charge is 0.238 e. The number of aliphatic hydroxyl groups is 2. The fourth-order valence-corrected chi connectivity index (χ4v) is 1.97. The van der Waals surface area contributed by atoms with Crippen molar-refractivity contribution in [3.8, 4) is 0 Å². The molecular formula is C15H24N2O3. The number of aryl methyl sites for hydroxylation is 2. The lowest BCUT2D eigenvalue weighted by atomic mass is 10.1. The fraction of sp³-hybridized carbons (Fsp3) is 0.533. The largest absolute Gasteiger partial charge is 0.396 e. The minimum atomic E-state index is -0.106. The van der Waals surface area contributed by atoms with Crippen molar-refractivity contribution in [2.24, 2.45) is 0 Å². The van der Waals surface area contributed by atoms with E-state index in [1.54, 1.807) is 0 Å². The third-order valence-corrected chi connectivity index (χ3v) is 3.08. The van der Waals surface area contributed by atoms with Gasteiger partial charge in [-0.25, -0.2) is 0 Å². The Bertz CT molecular complexity index is 435. The molecule has 0 aliphatic carbocycles. The van der Waals surface area contributed by atoms with E-state index in [9.17, 15) is 4.79 Å². The molecule has 0 aliphatic rings. The third-order valence-electron chi connectivity index (χ3n) is 3.08. The number of anilines is 1. The highest BCUT2D eigenvalue weighted by molar-refractivity contribution is 5.93. The van der Waals surface area contributed by atoms with Gasteiger partial charge in [0.15, 0.2) is 0 Å². The van der Waals surface area contributed by atoms with Crippen LogP contribution in [-0.4, -0.2) is 53.9 Å². The summed E-state index contributed by atoms with van der Waals surface area (Å²) in [6.07, 6.45) is 0.594. The normalized spacial score (nSPS) is 10.8. The van der Waals surface area contributed by atoms with Crippen LogP contribution >= 0.6 is 0 Å². The molecule has 0 fully saturated rings. The quantitative estimate of drug-likeness (QED) is 0.662. The zero-order valence-electron chi connectivity index (χ0n) is 12.2. The SMILES string of the molecule is Cc1ccc(C)c(NC(=O)CN(CCO)CCCO)c1. The van der Waals surface area contributed by atoms with Crippen LogP contribution in [0.3, 0.4) is 0 Å². The molecule has 0 radical (unpaired) electrons. The molecule has 5 nitrogen and oxygen atoms in total. The molecule has 0 atom stereocenters. The highest BCUT2D eigenvalue weighted by Crippen LogP contribution is 2.16. The number of carbonyl (C=O) groups is 1. The van der Waals surface area contributed by atoms with E-state index in [1.165, 1.54) is 0 Å². The second kappa shape index (κ2) is 8.68. The maximum Gasteiger partial charge on any atom is 0.238 e. The van der Waals surface area contributed by atoms with Crippen molar-refractivity contribution in [1.82, 2.24) is 4.90 Å². The molecular weight excluding hydrogens is 256 g/mol. The summed E-state index contributed by atoms with van der Waals surface area (Å²) >= 11 is 0. The van der Waals surface area contributed by atoms with E-state index in [0.29, 0.717) is 19.5 Å². The molecule has 0 spiro atoms. The Morgan fingerprint density at radius 3 is 2.60 bits per heavy atom. The van der Waals surface area contributed by atoms with Gasteiger partial charge in [-0.2, -0.15) is 0 Å². The van der Waals surface area contributed by atoms with E-state index in [4.69, 9.17) is 10.2 Å². The zero-order valence-corrected chi connectivity index (χ0v) is 12.2. The van der Waals surface area contributed by atoms with Gasteiger partial charge in [0.25, 0.3) is 0 Å². The Labute approximate surface area is 120 Å². The summed E-state index contributed by atoms with van der Waals surface area (Å²) in [6.45, 7) is 5.26. The van der Waals surface area contributed by atoms with Crippen LogP contribution in [0.4, 0.5) is 5.69 Å². The monoisotopic (exact) mass is 280 g/mol. The molecule has 5 heteroatoms. The van der Waals surface area contributed by atoms with E-state index in [-0.39, 0.29) is 25.7 Å². The zero-order chi connectivity index (χ0) is 15.0. The average Bonchev–Trinajstić information content (AvgIpc) is 2.40. The molecule has 1 rings (SSSR count). The van der Waals surface area contributed by atoms with Crippen LogP contribution in [-0.2, 0) is 4.79 Å². The van der Waals surface area contributed by atoms with Crippen LogP contribution < -0.4 is 5.32 Å². The summed E-state index contributed by atoms with van der Waals surface area (Å²) in [4.78, 5) is 13.9. The van der Waals surface area contributed by atoms with Gasteiger partial charge in [-0.15, -0.1) is 0 Å². The highest BCUT2D eigenvalue weighted by atomic mass is 16.3. The van der Waals surface area contributed by atoms with Crippen molar-refractivity contribution >= 4 is 11.6 Å².